The molecule has 0 radical (unpaired) electrons. The van der Waals surface area contributed by atoms with Gasteiger partial charge in [-0.3, -0.25) is 14.9 Å². The van der Waals surface area contributed by atoms with Gasteiger partial charge in [0.25, 0.3) is 11.6 Å². The lowest BCUT2D eigenvalue weighted by atomic mass is 10.2. The number of piperazine rings is 1. The molecule has 9 nitrogen and oxygen atoms in total. The highest BCUT2D eigenvalue weighted by atomic mass is 19.1. The van der Waals surface area contributed by atoms with Gasteiger partial charge in [0.1, 0.15) is 12.0 Å². The monoisotopic (exact) mass is 375 g/mol. The molecule has 1 aromatic heterocycles. The summed E-state index contributed by atoms with van der Waals surface area (Å²) in [6, 6.07) is 5.89. The van der Waals surface area contributed by atoms with Gasteiger partial charge in [0, 0.05) is 44.0 Å². The van der Waals surface area contributed by atoms with Gasteiger partial charge in [0.15, 0.2) is 11.6 Å². The summed E-state index contributed by atoms with van der Waals surface area (Å²) in [4.78, 5) is 29.9. The fraction of sp³-hybridized carbons (Fsp3) is 0.294. The Morgan fingerprint density at radius 1 is 1.26 bits per heavy atom. The Bertz CT molecular complexity index is 884. The highest BCUT2D eigenvalue weighted by Crippen LogP contribution is 2.27. The number of ether oxygens (including phenoxy) is 1. The van der Waals surface area contributed by atoms with Crippen LogP contribution >= 0.6 is 0 Å². The summed E-state index contributed by atoms with van der Waals surface area (Å²) >= 11 is 0. The standard InChI is InChI=1S/C17H18FN5O4/c1-27-15-3-2-11(9-14(15)18)21-4-6-22(7-5-21)17-13(16(19)24)8-12(10-20-17)23(25)26/h2-3,8-10H,4-7H2,1H3,(H2,19,24). The average Bonchev–Trinajstić information content (AvgIpc) is 2.67. The van der Waals surface area contributed by atoms with E-state index >= 15 is 0 Å². The van der Waals surface area contributed by atoms with Crippen LogP contribution in [0.5, 0.6) is 5.75 Å². The average molecular weight is 375 g/mol. The molecular formula is C17H18FN5O4. The van der Waals surface area contributed by atoms with E-state index in [0.717, 1.165) is 18.0 Å². The Kier molecular flexibility index (Phi) is 5.06. The molecule has 0 unspecified atom stereocenters. The third-order valence-electron chi connectivity index (χ3n) is 4.41. The molecule has 10 heteroatoms. The smallest absolute Gasteiger partial charge is 0.288 e. The Morgan fingerprint density at radius 3 is 2.48 bits per heavy atom. The van der Waals surface area contributed by atoms with Crippen LogP contribution in [0.1, 0.15) is 10.4 Å². The van der Waals surface area contributed by atoms with Crippen LogP contribution in [-0.2, 0) is 0 Å². The number of aromatic nitrogens is 1. The van der Waals surface area contributed by atoms with Crippen molar-refractivity contribution in [3.05, 3.63) is 52.0 Å². The summed E-state index contributed by atoms with van der Waals surface area (Å²) in [5.74, 6) is -0.724. The van der Waals surface area contributed by atoms with E-state index in [2.05, 4.69) is 4.98 Å². The highest BCUT2D eigenvalue weighted by molar-refractivity contribution is 5.98. The molecule has 1 aromatic carbocycles. The van der Waals surface area contributed by atoms with Crippen LogP contribution in [0.4, 0.5) is 21.6 Å². The van der Waals surface area contributed by atoms with Gasteiger partial charge in [0.2, 0.25) is 0 Å². The Hall–Kier alpha value is -3.43. The third-order valence-corrected chi connectivity index (χ3v) is 4.41. The Labute approximate surface area is 154 Å². The van der Waals surface area contributed by atoms with Gasteiger partial charge in [0.05, 0.1) is 17.6 Å². The van der Waals surface area contributed by atoms with Crippen LogP contribution in [0.2, 0.25) is 0 Å². The molecule has 3 rings (SSSR count). The number of carbonyl (C=O) groups is 1. The molecule has 0 saturated carbocycles. The van der Waals surface area contributed by atoms with E-state index < -0.39 is 16.6 Å². The number of anilines is 2. The molecule has 2 N–H and O–H groups in total. The lowest BCUT2D eigenvalue weighted by molar-refractivity contribution is -0.385. The lowest BCUT2D eigenvalue weighted by Crippen LogP contribution is -2.47. The first-order chi connectivity index (χ1) is 12.9. The number of hydrogen-bond donors (Lipinski definition) is 1. The number of nitro groups is 1. The van der Waals surface area contributed by atoms with E-state index in [1.165, 1.54) is 13.2 Å². The first kappa shape index (κ1) is 18.4. The highest BCUT2D eigenvalue weighted by Gasteiger charge is 2.24. The summed E-state index contributed by atoms with van der Waals surface area (Å²) in [6.45, 7) is 2.11. The van der Waals surface area contributed by atoms with Crippen molar-refractivity contribution in [2.45, 2.75) is 0 Å². The summed E-state index contributed by atoms with van der Waals surface area (Å²) in [5.41, 5.74) is 5.80. The van der Waals surface area contributed by atoms with Gasteiger partial charge in [-0.1, -0.05) is 0 Å². The van der Waals surface area contributed by atoms with Crippen LogP contribution in [0, 0.1) is 15.9 Å². The number of nitrogens with two attached hydrogens (primary N) is 1. The minimum absolute atomic E-state index is 0.00754. The third kappa shape index (κ3) is 3.73. The maximum atomic E-state index is 13.9. The van der Waals surface area contributed by atoms with E-state index in [0.29, 0.717) is 32.0 Å². The summed E-state index contributed by atoms with van der Waals surface area (Å²) in [5, 5.41) is 10.9. The molecule has 1 fully saturated rings. The zero-order chi connectivity index (χ0) is 19.6. The van der Waals surface area contributed by atoms with Crippen molar-refractivity contribution in [1.82, 2.24) is 4.98 Å². The van der Waals surface area contributed by atoms with Crippen LogP contribution < -0.4 is 20.3 Å². The fourth-order valence-electron chi connectivity index (χ4n) is 3.01. The lowest BCUT2D eigenvalue weighted by Gasteiger charge is -2.37. The van der Waals surface area contributed by atoms with Gasteiger partial charge in [-0.25, -0.2) is 9.37 Å². The van der Waals surface area contributed by atoms with E-state index in [-0.39, 0.29) is 17.0 Å². The second-order valence-electron chi connectivity index (χ2n) is 5.98. The molecule has 0 aliphatic carbocycles. The molecule has 0 bridgehead atoms. The van der Waals surface area contributed by atoms with E-state index in [1.807, 2.05) is 9.80 Å². The summed E-state index contributed by atoms with van der Waals surface area (Å²) < 4.78 is 18.8. The normalized spacial score (nSPS) is 14.1. The second-order valence-corrected chi connectivity index (χ2v) is 5.98. The van der Waals surface area contributed by atoms with Gasteiger partial charge in [-0.2, -0.15) is 0 Å². The molecule has 142 valence electrons. The molecule has 0 atom stereocenters. The molecule has 2 aromatic rings. The first-order valence-corrected chi connectivity index (χ1v) is 8.18. The number of halogens is 1. The van der Waals surface area contributed by atoms with E-state index in [4.69, 9.17) is 10.5 Å². The van der Waals surface area contributed by atoms with Crippen molar-refractivity contribution >= 4 is 23.1 Å². The SMILES string of the molecule is COc1ccc(N2CCN(c3ncc([N+](=O)[O-])cc3C(N)=O)CC2)cc1F. The van der Waals surface area contributed by atoms with Gasteiger partial charge in [-0.05, 0) is 12.1 Å². The predicted octanol–water partition coefficient (Wildman–Crippen LogP) is 1.56. The number of carbonyl (C=O) groups excluding carboxylic acids is 1. The molecule has 1 aliphatic heterocycles. The number of hydrogen-bond acceptors (Lipinski definition) is 7. The summed E-state index contributed by atoms with van der Waals surface area (Å²) in [7, 11) is 1.41. The number of methoxy groups -OCH3 is 1. The molecule has 2 heterocycles. The number of benzene rings is 1. The largest absolute Gasteiger partial charge is 0.494 e. The molecule has 1 amide bonds. The van der Waals surface area contributed by atoms with Crippen molar-refractivity contribution in [2.24, 2.45) is 5.73 Å². The summed E-state index contributed by atoms with van der Waals surface area (Å²) in [6.07, 6.45) is 1.10. The van der Waals surface area contributed by atoms with Crippen molar-refractivity contribution in [2.75, 3.05) is 43.1 Å². The maximum Gasteiger partial charge on any atom is 0.288 e. The van der Waals surface area contributed by atoms with Crippen molar-refractivity contribution in [3.63, 3.8) is 0 Å². The van der Waals surface area contributed by atoms with Crippen LogP contribution in [0.25, 0.3) is 0 Å². The van der Waals surface area contributed by atoms with Crippen LogP contribution in [-0.4, -0.2) is 49.1 Å². The molecule has 27 heavy (non-hydrogen) atoms. The predicted molar refractivity (Wildman–Crippen MR) is 96.8 cm³/mol. The topological polar surface area (TPSA) is 115 Å². The second kappa shape index (κ2) is 7.44. The number of amides is 1. The molecule has 0 spiro atoms. The van der Waals surface area contributed by atoms with Gasteiger partial charge < -0.3 is 20.3 Å². The Balaban J connectivity index is 1.77. The Morgan fingerprint density at radius 2 is 1.93 bits per heavy atom. The fourth-order valence-corrected chi connectivity index (χ4v) is 3.01. The van der Waals surface area contributed by atoms with Crippen LogP contribution in [0.3, 0.4) is 0 Å². The quantitative estimate of drug-likeness (QED) is 0.623. The van der Waals surface area contributed by atoms with E-state index in [9.17, 15) is 19.3 Å². The first-order valence-electron chi connectivity index (χ1n) is 8.18. The molecule has 1 aliphatic rings. The number of rotatable bonds is 5. The zero-order valence-corrected chi connectivity index (χ0v) is 14.6. The van der Waals surface area contributed by atoms with E-state index in [1.54, 1.807) is 12.1 Å². The minimum atomic E-state index is -0.777. The molecular weight excluding hydrogens is 357 g/mol. The molecule has 1 saturated heterocycles. The van der Waals surface area contributed by atoms with Gasteiger partial charge >= 0.3 is 0 Å². The van der Waals surface area contributed by atoms with Crippen molar-refractivity contribution in [3.8, 4) is 5.75 Å². The van der Waals surface area contributed by atoms with Gasteiger partial charge in [-0.15, -0.1) is 0 Å². The minimum Gasteiger partial charge on any atom is -0.494 e. The van der Waals surface area contributed by atoms with Crippen molar-refractivity contribution < 1.29 is 18.8 Å². The number of pyridine rings is 1. The van der Waals surface area contributed by atoms with Crippen LogP contribution in [0.15, 0.2) is 30.5 Å². The van der Waals surface area contributed by atoms with Crippen molar-refractivity contribution in [1.29, 1.82) is 0 Å². The number of primary amides is 1. The maximum absolute atomic E-state index is 13.9. The zero-order valence-electron chi connectivity index (χ0n) is 14.6. The number of nitrogens with zero attached hydrogens (tertiary/aromatic N) is 4.